The normalized spacial score (nSPS) is 11.3. The molecule has 9 heteroatoms. The van der Waals surface area contributed by atoms with Gasteiger partial charge in [-0.1, -0.05) is 48.5 Å². The van der Waals surface area contributed by atoms with Crippen LogP contribution in [0.4, 0.5) is 5.88 Å². The molecular formula is C21H23N3O5S. The second kappa shape index (κ2) is 9.10. The van der Waals surface area contributed by atoms with E-state index in [4.69, 9.17) is 9.26 Å². The Hall–Kier alpha value is -3.17. The van der Waals surface area contributed by atoms with Gasteiger partial charge < -0.3 is 9.26 Å². The predicted octanol–water partition coefficient (Wildman–Crippen LogP) is 3.35. The molecule has 2 aromatic carbocycles. The molecule has 0 unspecified atom stereocenters. The number of hydrogen-bond donors (Lipinski definition) is 2. The molecule has 3 rings (SSSR count). The highest BCUT2D eigenvalue weighted by Crippen LogP contribution is 2.36. The molecule has 0 fully saturated rings. The minimum absolute atomic E-state index is 0.0181. The van der Waals surface area contributed by atoms with Crippen LogP contribution >= 0.6 is 0 Å². The fourth-order valence-corrected chi connectivity index (χ4v) is 4.21. The Labute approximate surface area is 175 Å². The molecule has 1 heterocycles. The summed E-state index contributed by atoms with van der Waals surface area (Å²) in [6.07, 6.45) is 0.540. The van der Waals surface area contributed by atoms with Gasteiger partial charge in [0.1, 0.15) is 10.6 Å². The molecule has 3 aromatic rings. The van der Waals surface area contributed by atoms with Crippen LogP contribution in [0.25, 0.3) is 11.1 Å². The van der Waals surface area contributed by atoms with Crippen molar-refractivity contribution in [2.75, 3.05) is 12.4 Å². The maximum atomic E-state index is 13.0. The minimum atomic E-state index is -3.88. The van der Waals surface area contributed by atoms with Crippen molar-refractivity contribution in [3.05, 3.63) is 59.8 Å². The Bertz CT molecular complexity index is 1140. The number of methoxy groups -OCH3 is 1. The number of anilines is 1. The van der Waals surface area contributed by atoms with Crippen LogP contribution in [0.2, 0.25) is 0 Å². The lowest BCUT2D eigenvalue weighted by Gasteiger charge is -2.13. The number of carbonyl (C=O) groups excluding carboxylic acids is 1. The van der Waals surface area contributed by atoms with E-state index in [0.717, 1.165) is 5.56 Å². The van der Waals surface area contributed by atoms with Gasteiger partial charge in [-0.2, -0.15) is 0 Å². The number of carbonyl (C=O) groups is 1. The van der Waals surface area contributed by atoms with Gasteiger partial charge in [-0.3, -0.25) is 10.1 Å². The molecule has 1 amide bonds. The lowest BCUT2D eigenvalue weighted by molar-refractivity contribution is -0.114. The number of aromatic nitrogens is 1. The van der Waals surface area contributed by atoms with Crippen LogP contribution in [0.5, 0.6) is 5.75 Å². The van der Waals surface area contributed by atoms with Crippen molar-refractivity contribution in [2.45, 2.75) is 31.7 Å². The average Bonchev–Trinajstić information content (AvgIpc) is 3.14. The van der Waals surface area contributed by atoms with E-state index in [1.165, 1.54) is 20.1 Å². The third-order valence-electron chi connectivity index (χ3n) is 4.44. The first kappa shape index (κ1) is 21.5. The van der Waals surface area contributed by atoms with Crippen molar-refractivity contribution < 1.29 is 22.5 Å². The summed E-state index contributed by atoms with van der Waals surface area (Å²) in [6.45, 7) is 3.39. The molecule has 0 aliphatic heterocycles. The van der Waals surface area contributed by atoms with Crippen LogP contribution < -0.4 is 14.8 Å². The molecule has 0 spiro atoms. The number of nitrogens with one attached hydrogen (secondary N) is 2. The fraction of sp³-hybridized carbons (Fsp3) is 0.238. The molecule has 0 bridgehead atoms. The summed E-state index contributed by atoms with van der Waals surface area (Å²) in [5.74, 6) is 0.0564. The molecule has 0 radical (unpaired) electrons. The third kappa shape index (κ3) is 4.69. The Balaban J connectivity index is 2.02. The second-order valence-electron chi connectivity index (χ2n) is 6.54. The van der Waals surface area contributed by atoms with Crippen molar-refractivity contribution in [3.63, 3.8) is 0 Å². The van der Waals surface area contributed by atoms with Gasteiger partial charge in [0.2, 0.25) is 21.8 Å². The molecule has 2 N–H and O–H groups in total. The molecule has 0 saturated carbocycles. The summed E-state index contributed by atoms with van der Waals surface area (Å²) in [5, 5.41) is 6.58. The van der Waals surface area contributed by atoms with E-state index in [2.05, 4.69) is 15.2 Å². The van der Waals surface area contributed by atoms with Gasteiger partial charge >= 0.3 is 0 Å². The van der Waals surface area contributed by atoms with Gasteiger partial charge in [0.15, 0.2) is 0 Å². The molecule has 30 heavy (non-hydrogen) atoms. The van der Waals surface area contributed by atoms with Gasteiger partial charge in [0.25, 0.3) is 0 Å². The number of amides is 1. The summed E-state index contributed by atoms with van der Waals surface area (Å²) in [5.41, 5.74) is 2.51. The van der Waals surface area contributed by atoms with Gasteiger partial charge in [-0.25, -0.2) is 13.1 Å². The van der Waals surface area contributed by atoms with E-state index in [-0.39, 0.29) is 29.0 Å². The SMILES string of the molecule is CCc1noc(NC(C)=O)c1-c1ccc(OC)c(S(=O)(=O)NCc2ccccc2)c1. The van der Waals surface area contributed by atoms with Crippen LogP contribution in [0.1, 0.15) is 25.1 Å². The lowest BCUT2D eigenvalue weighted by Crippen LogP contribution is -2.23. The van der Waals surface area contributed by atoms with Crippen molar-refractivity contribution >= 4 is 21.8 Å². The largest absolute Gasteiger partial charge is 0.495 e. The number of nitrogens with zero attached hydrogens (tertiary/aromatic N) is 1. The number of sulfonamides is 1. The molecule has 158 valence electrons. The number of benzene rings is 2. The first-order valence-electron chi connectivity index (χ1n) is 9.33. The Kier molecular flexibility index (Phi) is 6.53. The average molecular weight is 429 g/mol. The van der Waals surface area contributed by atoms with Gasteiger partial charge in [-0.05, 0) is 29.7 Å². The van der Waals surface area contributed by atoms with Gasteiger partial charge in [0.05, 0.1) is 18.4 Å². The second-order valence-corrected chi connectivity index (χ2v) is 8.28. The molecule has 0 aliphatic rings. The van der Waals surface area contributed by atoms with E-state index in [1.807, 2.05) is 37.3 Å². The summed E-state index contributed by atoms with van der Waals surface area (Å²) >= 11 is 0. The Morgan fingerprint density at radius 2 is 1.90 bits per heavy atom. The minimum Gasteiger partial charge on any atom is -0.495 e. The Morgan fingerprint density at radius 3 is 2.53 bits per heavy atom. The summed E-state index contributed by atoms with van der Waals surface area (Å²) in [6, 6.07) is 14.0. The van der Waals surface area contributed by atoms with E-state index in [0.29, 0.717) is 23.2 Å². The van der Waals surface area contributed by atoms with Crippen molar-refractivity contribution in [3.8, 4) is 16.9 Å². The predicted molar refractivity (Wildman–Crippen MR) is 113 cm³/mol. The first-order chi connectivity index (χ1) is 14.4. The first-order valence-corrected chi connectivity index (χ1v) is 10.8. The smallest absolute Gasteiger partial charge is 0.244 e. The highest BCUT2D eigenvalue weighted by Gasteiger charge is 2.24. The quantitative estimate of drug-likeness (QED) is 0.568. The molecule has 0 aliphatic carbocycles. The number of ether oxygens (including phenoxy) is 1. The molecule has 0 atom stereocenters. The molecule has 1 aromatic heterocycles. The standard InChI is InChI=1S/C21H23N3O5S/c1-4-17-20(21(29-24-17)23-14(2)25)16-10-11-18(28-3)19(12-16)30(26,27)22-13-15-8-6-5-7-9-15/h5-12,22H,4,13H2,1-3H3,(H,23,25). The maximum Gasteiger partial charge on any atom is 0.244 e. The number of aryl methyl sites for hydroxylation is 1. The van der Waals surface area contributed by atoms with E-state index >= 15 is 0 Å². The molecular weight excluding hydrogens is 406 g/mol. The van der Waals surface area contributed by atoms with E-state index in [1.54, 1.807) is 12.1 Å². The molecule has 0 saturated heterocycles. The topological polar surface area (TPSA) is 111 Å². The van der Waals surface area contributed by atoms with Crippen LogP contribution in [-0.2, 0) is 27.8 Å². The third-order valence-corrected chi connectivity index (χ3v) is 5.86. The van der Waals surface area contributed by atoms with Crippen LogP contribution in [-0.4, -0.2) is 26.6 Å². The number of hydrogen-bond acceptors (Lipinski definition) is 6. The Morgan fingerprint density at radius 1 is 1.17 bits per heavy atom. The summed E-state index contributed by atoms with van der Waals surface area (Å²) in [7, 11) is -2.48. The van der Waals surface area contributed by atoms with Crippen LogP contribution in [0.3, 0.4) is 0 Å². The summed E-state index contributed by atoms with van der Waals surface area (Å²) < 4.78 is 39.2. The summed E-state index contributed by atoms with van der Waals surface area (Å²) in [4.78, 5) is 11.5. The van der Waals surface area contributed by atoms with Gasteiger partial charge in [-0.15, -0.1) is 0 Å². The van der Waals surface area contributed by atoms with Crippen molar-refractivity contribution in [2.24, 2.45) is 0 Å². The monoisotopic (exact) mass is 429 g/mol. The highest BCUT2D eigenvalue weighted by atomic mass is 32.2. The zero-order valence-corrected chi connectivity index (χ0v) is 17.7. The number of rotatable bonds is 8. The van der Waals surface area contributed by atoms with Crippen LogP contribution in [0, 0.1) is 0 Å². The lowest BCUT2D eigenvalue weighted by atomic mass is 10.0. The maximum absolute atomic E-state index is 13.0. The highest BCUT2D eigenvalue weighted by molar-refractivity contribution is 7.89. The van der Waals surface area contributed by atoms with E-state index in [9.17, 15) is 13.2 Å². The van der Waals surface area contributed by atoms with Crippen molar-refractivity contribution in [1.82, 2.24) is 9.88 Å². The zero-order chi connectivity index (χ0) is 21.7. The van der Waals surface area contributed by atoms with Crippen LogP contribution in [0.15, 0.2) is 57.9 Å². The zero-order valence-electron chi connectivity index (χ0n) is 16.9. The van der Waals surface area contributed by atoms with Crippen molar-refractivity contribution in [1.29, 1.82) is 0 Å². The fourth-order valence-electron chi connectivity index (χ4n) is 3.00. The molecule has 8 nitrogen and oxygen atoms in total. The van der Waals surface area contributed by atoms with Gasteiger partial charge in [0, 0.05) is 13.5 Å². The van der Waals surface area contributed by atoms with E-state index < -0.39 is 10.0 Å².